The summed E-state index contributed by atoms with van der Waals surface area (Å²) in [6.07, 6.45) is 10.4. The van der Waals surface area contributed by atoms with Gasteiger partial charge < -0.3 is 4.74 Å². The lowest BCUT2D eigenvalue weighted by atomic mass is 9.87. The lowest BCUT2D eigenvalue weighted by molar-refractivity contribution is 0.352. The van der Waals surface area contributed by atoms with Gasteiger partial charge >= 0.3 is 0 Å². The quantitative estimate of drug-likeness (QED) is 0.361. The van der Waals surface area contributed by atoms with Gasteiger partial charge in [-0.05, 0) is 41.8 Å². The lowest BCUT2D eigenvalue weighted by Crippen LogP contribution is -2.12. The average molecular weight is 318 g/mol. The van der Waals surface area contributed by atoms with Crippen LogP contribution in [0.5, 0.6) is 5.75 Å². The Bertz CT molecular complexity index is 408. The summed E-state index contributed by atoms with van der Waals surface area (Å²) in [6.45, 7) is 6.86. The summed E-state index contributed by atoms with van der Waals surface area (Å²) in [6, 6.07) is 8.41. The fourth-order valence-electron chi connectivity index (χ4n) is 3.24. The molecule has 1 nitrogen and oxygen atoms in total. The second-order valence-electron chi connectivity index (χ2n) is 7.15. The molecule has 1 atom stereocenters. The Morgan fingerprint density at radius 3 is 2.41 bits per heavy atom. The minimum Gasteiger partial charge on any atom is -0.496 e. The van der Waals surface area contributed by atoms with Crippen LogP contribution in [-0.4, -0.2) is 17.4 Å². The first kappa shape index (κ1) is 19.3. The maximum atomic E-state index is 5.46. The summed E-state index contributed by atoms with van der Waals surface area (Å²) in [4.78, 5) is 0. The highest BCUT2D eigenvalue weighted by Crippen LogP contribution is 2.34. The summed E-state index contributed by atoms with van der Waals surface area (Å²) in [7, 11) is 5.65. The third-order valence-electron chi connectivity index (χ3n) is 4.27. The molecule has 0 bridgehead atoms. The first-order chi connectivity index (χ1) is 10.5. The molecule has 0 spiro atoms. The van der Waals surface area contributed by atoms with E-state index in [-0.39, 0.29) is 5.04 Å². The van der Waals surface area contributed by atoms with Crippen molar-refractivity contribution in [3.05, 3.63) is 29.8 Å². The molecule has 2 heteroatoms. The molecular formula is C20H33OSi. The fourth-order valence-corrected chi connectivity index (χ4v) is 3.53. The first-order valence-corrected chi connectivity index (χ1v) is 9.33. The zero-order valence-electron chi connectivity index (χ0n) is 15.0. The van der Waals surface area contributed by atoms with Gasteiger partial charge in [-0.1, -0.05) is 71.1 Å². The normalized spacial score (nSPS) is 13.1. The van der Waals surface area contributed by atoms with E-state index in [0.717, 1.165) is 18.1 Å². The van der Waals surface area contributed by atoms with E-state index in [1.165, 1.54) is 50.5 Å². The Morgan fingerprint density at radius 2 is 1.77 bits per heavy atom. The molecule has 0 aliphatic rings. The standard InChI is InChI=1S/C20H33OSi/c1-5-6-7-11-17(16-20(2,3)22)12-10-14-18-13-8-9-15-19(18)21-4/h8-9,13,15,17H,5-7,10-12,14,16H2,1-4H3. The Kier molecular flexibility index (Phi) is 8.85. The zero-order chi connectivity index (χ0) is 16.4. The van der Waals surface area contributed by atoms with Gasteiger partial charge in [0.15, 0.2) is 0 Å². The molecule has 1 aromatic rings. The molecule has 0 heterocycles. The summed E-state index contributed by atoms with van der Waals surface area (Å²) >= 11 is 0. The number of unbranched alkanes of at least 4 members (excludes halogenated alkanes) is 2. The van der Waals surface area contributed by atoms with Crippen LogP contribution in [-0.2, 0) is 6.42 Å². The topological polar surface area (TPSA) is 9.23 Å². The highest BCUT2D eigenvalue weighted by molar-refractivity contribution is 6.14. The molecule has 0 fully saturated rings. The van der Waals surface area contributed by atoms with E-state index >= 15 is 0 Å². The van der Waals surface area contributed by atoms with Crippen molar-refractivity contribution in [2.24, 2.45) is 5.92 Å². The number of ether oxygens (including phenoxy) is 1. The summed E-state index contributed by atoms with van der Waals surface area (Å²) in [5.41, 5.74) is 1.34. The van der Waals surface area contributed by atoms with Crippen molar-refractivity contribution in [2.45, 2.75) is 77.2 Å². The largest absolute Gasteiger partial charge is 0.496 e. The molecular weight excluding hydrogens is 284 g/mol. The Morgan fingerprint density at radius 1 is 1.09 bits per heavy atom. The predicted molar refractivity (Wildman–Crippen MR) is 98.0 cm³/mol. The zero-order valence-corrected chi connectivity index (χ0v) is 16.0. The van der Waals surface area contributed by atoms with Crippen LogP contribution in [0, 0.1) is 5.92 Å². The van der Waals surface area contributed by atoms with E-state index in [1.807, 2.05) is 6.07 Å². The molecule has 0 saturated heterocycles. The van der Waals surface area contributed by atoms with Gasteiger partial charge in [0.2, 0.25) is 0 Å². The maximum Gasteiger partial charge on any atom is 0.122 e. The Labute approximate surface area is 141 Å². The summed E-state index contributed by atoms with van der Waals surface area (Å²) in [5.74, 6) is 1.86. The summed E-state index contributed by atoms with van der Waals surface area (Å²) in [5, 5.41) is 0.251. The highest BCUT2D eigenvalue weighted by atomic mass is 28.1. The van der Waals surface area contributed by atoms with Gasteiger partial charge in [0.1, 0.15) is 5.75 Å². The molecule has 0 saturated carbocycles. The van der Waals surface area contributed by atoms with Crippen LogP contribution in [0.4, 0.5) is 0 Å². The minimum absolute atomic E-state index is 0.251. The van der Waals surface area contributed by atoms with Crippen molar-refractivity contribution in [2.75, 3.05) is 7.11 Å². The van der Waals surface area contributed by atoms with E-state index in [9.17, 15) is 0 Å². The molecule has 3 radical (unpaired) electrons. The molecule has 123 valence electrons. The van der Waals surface area contributed by atoms with Crippen LogP contribution in [0.1, 0.15) is 71.3 Å². The second kappa shape index (κ2) is 10.1. The van der Waals surface area contributed by atoms with Crippen molar-refractivity contribution in [3.63, 3.8) is 0 Å². The predicted octanol–water partition coefficient (Wildman–Crippen LogP) is 5.97. The van der Waals surface area contributed by atoms with Crippen molar-refractivity contribution < 1.29 is 4.74 Å². The van der Waals surface area contributed by atoms with Crippen molar-refractivity contribution >= 4 is 10.2 Å². The molecule has 1 aromatic carbocycles. The smallest absolute Gasteiger partial charge is 0.122 e. The Hall–Kier alpha value is -0.763. The minimum atomic E-state index is 0.251. The third kappa shape index (κ3) is 8.02. The molecule has 0 aliphatic heterocycles. The van der Waals surface area contributed by atoms with E-state index in [4.69, 9.17) is 4.74 Å². The van der Waals surface area contributed by atoms with Crippen LogP contribution < -0.4 is 4.74 Å². The van der Waals surface area contributed by atoms with Crippen LogP contribution in [0.3, 0.4) is 0 Å². The number of aryl methyl sites for hydroxylation is 1. The van der Waals surface area contributed by atoms with Gasteiger partial charge in [-0.2, -0.15) is 0 Å². The number of hydrogen-bond donors (Lipinski definition) is 0. The Balaban J connectivity index is 2.47. The molecule has 0 N–H and O–H groups in total. The lowest BCUT2D eigenvalue weighted by Gasteiger charge is -2.26. The number of benzene rings is 1. The highest BCUT2D eigenvalue weighted by Gasteiger charge is 2.18. The number of para-hydroxylation sites is 1. The first-order valence-electron chi connectivity index (χ1n) is 8.83. The van der Waals surface area contributed by atoms with Crippen molar-refractivity contribution in [1.29, 1.82) is 0 Å². The fraction of sp³-hybridized carbons (Fsp3) is 0.700. The molecule has 1 rings (SSSR count). The van der Waals surface area contributed by atoms with Gasteiger partial charge in [-0.25, -0.2) is 0 Å². The number of methoxy groups -OCH3 is 1. The molecule has 0 aliphatic carbocycles. The van der Waals surface area contributed by atoms with E-state index in [1.54, 1.807) is 7.11 Å². The number of rotatable bonds is 11. The second-order valence-corrected chi connectivity index (χ2v) is 8.51. The van der Waals surface area contributed by atoms with Crippen LogP contribution in [0.25, 0.3) is 0 Å². The monoisotopic (exact) mass is 317 g/mol. The van der Waals surface area contributed by atoms with E-state index in [0.29, 0.717) is 0 Å². The number of hydrogen-bond acceptors (Lipinski definition) is 1. The van der Waals surface area contributed by atoms with E-state index in [2.05, 4.69) is 49.2 Å². The summed E-state index contributed by atoms with van der Waals surface area (Å²) < 4.78 is 5.46. The van der Waals surface area contributed by atoms with Gasteiger partial charge in [0, 0.05) is 10.2 Å². The van der Waals surface area contributed by atoms with Gasteiger partial charge in [-0.15, -0.1) is 0 Å². The SMILES string of the molecule is CCCCCC(CCCc1ccccc1OC)CC(C)(C)[Si]. The molecule has 0 aromatic heterocycles. The molecule has 22 heavy (non-hydrogen) atoms. The van der Waals surface area contributed by atoms with E-state index < -0.39 is 0 Å². The van der Waals surface area contributed by atoms with Crippen LogP contribution in [0.2, 0.25) is 5.04 Å². The van der Waals surface area contributed by atoms with Crippen LogP contribution >= 0.6 is 0 Å². The molecule has 0 amide bonds. The third-order valence-corrected chi connectivity index (χ3v) is 4.47. The van der Waals surface area contributed by atoms with Crippen molar-refractivity contribution in [3.8, 4) is 5.75 Å². The van der Waals surface area contributed by atoms with Gasteiger partial charge in [0.25, 0.3) is 0 Å². The van der Waals surface area contributed by atoms with Gasteiger partial charge in [0.05, 0.1) is 7.11 Å². The van der Waals surface area contributed by atoms with Crippen LogP contribution in [0.15, 0.2) is 24.3 Å². The maximum absolute atomic E-state index is 5.46. The van der Waals surface area contributed by atoms with Gasteiger partial charge in [-0.3, -0.25) is 0 Å². The van der Waals surface area contributed by atoms with Crippen molar-refractivity contribution in [1.82, 2.24) is 0 Å². The molecule has 1 unspecified atom stereocenters. The average Bonchev–Trinajstić information content (AvgIpc) is 2.46.